The van der Waals surface area contributed by atoms with E-state index in [0.717, 1.165) is 23.2 Å². The van der Waals surface area contributed by atoms with E-state index in [9.17, 15) is 0 Å². The number of hydrogen-bond acceptors (Lipinski definition) is 1. The van der Waals surface area contributed by atoms with Crippen molar-refractivity contribution < 1.29 is 0 Å². The maximum absolute atomic E-state index is 4.45. The number of fused-ring (bicyclic) bond motifs is 1. The van der Waals surface area contributed by atoms with Crippen LogP contribution in [0.1, 0.15) is 18.9 Å². The fourth-order valence-electron chi connectivity index (χ4n) is 1.64. The van der Waals surface area contributed by atoms with Gasteiger partial charge in [0, 0.05) is 6.54 Å². The van der Waals surface area contributed by atoms with E-state index in [1.54, 1.807) is 0 Å². The van der Waals surface area contributed by atoms with E-state index in [4.69, 9.17) is 0 Å². The maximum atomic E-state index is 4.45. The molecule has 0 spiro atoms. The Balaban J connectivity index is 2.66. The summed E-state index contributed by atoms with van der Waals surface area (Å²) in [5, 5.41) is 0. The average molecular weight is 253 g/mol. The first kappa shape index (κ1) is 9.71. The molecule has 14 heavy (non-hydrogen) atoms. The van der Waals surface area contributed by atoms with Crippen LogP contribution in [0.25, 0.3) is 11.0 Å². The average Bonchev–Trinajstić information content (AvgIpc) is 2.45. The lowest BCUT2D eigenvalue weighted by atomic mass is 10.2. The van der Waals surface area contributed by atoms with Crippen molar-refractivity contribution >= 4 is 27.0 Å². The zero-order chi connectivity index (χ0) is 10.1. The highest BCUT2D eigenvalue weighted by atomic mass is 79.9. The molecule has 1 heterocycles. The molecule has 0 bridgehead atoms. The summed E-state index contributed by atoms with van der Waals surface area (Å²) in [6.45, 7) is 5.30. The lowest BCUT2D eigenvalue weighted by Crippen LogP contribution is -1.96. The summed E-state index contributed by atoms with van der Waals surface area (Å²) in [6.07, 6.45) is 1.12. The van der Waals surface area contributed by atoms with Gasteiger partial charge in [-0.1, -0.05) is 13.0 Å². The first-order chi connectivity index (χ1) is 6.72. The van der Waals surface area contributed by atoms with Gasteiger partial charge in [0.05, 0.1) is 11.0 Å². The molecule has 2 nitrogen and oxygen atoms in total. The number of halogens is 1. The Morgan fingerprint density at radius 2 is 2.21 bits per heavy atom. The fourth-order valence-corrected chi connectivity index (χ4v) is 2.20. The summed E-state index contributed by atoms with van der Waals surface area (Å²) in [5.41, 5.74) is 3.57. The van der Waals surface area contributed by atoms with E-state index < -0.39 is 0 Å². The van der Waals surface area contributed by atoms with Crippen molar-refractivity contribution in [2.75, 3.05) is 0 Å². The predicted molar refractivity (Wildman–Crippen MR) is 62.5 cm³/mol. The number of imidazole rings is 1. The van der Waals surface area contributed by atoms with Crippen LogP contribution in [0.4, 0.5) is 0 Å². The second kappa shape index (κ2) is 3.73. The number of hydrogen-bond donors (Lipinski definition) is 0. The molecule has 0 saturated carbocycles. The smallest absolute Gasteiger partial charge is 0.178 e. The molecule has 0 saturated heterocycles. The molecule has 0 radical (unpaired) electrons. The van der Waals surface area contributed by atoms with Gasteiger partial charge >= 0.3 is 0 Å². The monoisotopic (exact) mass is 252 g/mol. The van der Waals surface area contributed by atoms with E-state index in [2.05, 4.69) is 57.5 Å². The lowest BCUT2D eigenvalue weighted by molar-refractivity contribution is 0.682. The Bertz CT molecular complexity index is 460. The fraction of sp³-hybridized carbons (Fsp3) is 0.364. The maximum Gasteiger partial charge on any atom is 0.178 e. The van der Waals surface area contributed by atoms with E-state index >= 15 is 0 Å². The highest BCUT2D eigenvalue weighted by Gasteiger charge is 2.06. The van der Waals surface area contributed by atoms with Crippen LogP contribution >= 0.6 is 15.9 Å². The molecule has 0 unspecified atom stereocenters. The third kappa shape index (κ3) is 1.57. The zero-order valence-corrected chi connectivity index (χ0v) is 10.0. The number of aryl methyl sites for hydroxylation is 2. The van der Waals surface area contributed by atoms with Gasteiger partial charge in [-0.2, -0.15) is 0 Å². The van der Waals surface area contributed by atoms with Crippen molar-refractivity contribution in [1.82, 2.24) is 9.55 Å². The summed E-state index contributed by atoms with van der Waals surface area (Å²) in [4.78, 5) is 4.45. The second-order valence-electron chi connectivity index (χ2n) is 3.52. The number of nitrogens with zero attached hydrogens (tertiary/aromatic N) is 2. The molecule has 0 aliphatic heterocycles. The van der Waals surface area contributed by atoms with Gasteiger partial charge in [0.25, 0.3) is 0 Å². The number of benzene rings is 1. The van der Waals surface area contributed by atoms with Crippen molar-refractivity contribution in [3.8, 4) is 0 Å². The van der Waals surface area contributed by atoms with Crippen LogP contribution < -0.4 is 0 Å². The van der Waals surface area contributed by atoms with Crippen LogP contribution in [0, 0.1) is 6.92 Å². The SMILES string of the molecule is CCCn1c(Br)nc2ccc(C)cc21. The van der Waals surface area contributed by atoms with Gasteiger partial charge in [-0.15, -0.1) is 0 Å². The summed E-state index contributed by atoms with van der Waals surface area (Å²) in [6, 6.07) is 6.35. The van der Waals surface area contributed by atoms with Crippen LogP contribution in [0.5, 0.6) is 0 Å². The van der Waals surface area contributed by atoms with Gasteiger partial charge < -0.3 is 4.57 Å². The van der Waals surface area contributed by atoms with Gasteiger partial charge in [-0.3, -0.25) is 0 Å². The van der Waals surface area contributed by atoms with E-state index in [1.165, 1.54) is 11.1 Å². The molecule has 0 N–H and O–H groups in total. The summed E-state index contributed by atoms with van der Waals surface area (Å²) in [5.74, 6) is 0. The molecule has 2 rings (SSSR count). The molecule has 0 amide bonds. The highest BCUT2D eigenvalue weighted by Crippen LogP contribution is 2.21. The minimum Gasteiger partial charge on any atom is -0.319 e. The van der Waals surface area contributed by atoms with Gasteiger partial charge in [0.15, 0.2) is 4.73 Å². The Labute approximate surface area is 92.1 Å². The van der Waals surface area contributed by atoms with Crippen molar-refractivity contribution in [3.63, 3.8) is 0 Å². The van der Waals surface area contributed by atoms with Gasteiger partial charge in [-0.05, 0) is 47.0 Å². The minimum atomic E-state index is 0.931. The van der Waals surface area contributed by atoms with E-state index in [-0.39, 0.29) is 0 Å². The topological polar surface area (TPSA) is 17.8 Å². The molecule has 0 atom stereocenters. The normalized spacial score (nSPS) is 11.1. The quantitative estimate of drug-likeness (QED) is 0.800. The minimum absolute atomic E-state index is 0.931. The van der Waals surface area contributed by atoms with Crippen molar-refractivity contribution in [1.29, 1.82) is 0 Å². The predicted octanol–water partition coefficient (Wildman–Crippen LogP) is 3.52. The van der Waals surface area contributed by atoms with Gasteiger partial charge in [-0.25, -0.2) is 4.98 Å². The summed E-state index contributed by atoms with van der Waals surface area (Å²) >= 11 is 3.49. The molecule has 2 aromatic rings. The Hall–Kier alpha value is -0.830. The first-order valence-electron chi connectivity index (χ1n) is 4.84. The van der Waals surface area contributed by atoms with Crippen molar-refractivity contribution in [3.05, 3.63) is 28.5 Å². The third-order valence-corrected chi connectivity index (χ3v) is 2.91. The first-order valence-corrected chi connectivity index (χ1v) is 5.64. The zero-order valence-electron chi connectivity index (χ0n) is 8.42. The molecular formula is C11H13BrN2. The highest BCUT2D eigenvalue weighted by molar-refractivity contribution is 9.10. The second-order valence-corrected chi connectivity index (χ2v) is 4.23. The van der Waals surface area contributed by atoms with Crippen LogP contribution in [-0.4, -0.2) is 9.55 Å². The Morgan fingerprint density at radius 3 is 2.93 bits per heavy atom. The van der Waals surface area contributed by atoms with Gasteiger partial charge in [0.2, 0.25) is 0 Å². The molecule has 1 aromatic heterocycles. The van der Waals surface area contributed by atoms with E-state index in [1.807, 2.05) is 0 Å². The molecular weight excluding hydrogens is 240 g/mol. The summed E-state index contributed by atoms with van der Waals surface area (Å²) < 4.78 is 3.14. The molecule has 1 aromatic carbocycles. The molecule has 0 aliphatic rings. The molecule has 3 heteroatoms. The van der Waals surface area contributed by atoms with Crippen LogP contribution in [0.3, 0.4) is 0 Å². The Morgan fingerprint density at radius 1 is 1.43 bits per heavy atom. The number of aromatic nitrogens is 2. The molecule has 0 fully saturated rings. The van der Waals surface area contributed by atoms with Crippen molar-refractivity contribution in [2.24, 2.45) is 0 Å². The van der Waals surface area contributed by atoms with Gasteiger partial charge in [0.1, 0.15) is 0 Å². The third-order valence-electron chi connectivity index (χ3n) is 2.30. The standard InChI is InChI=1S/C11H13BrN2/c1-3-6-14-10-7-8(2)4-5-9(10)13-11(14)12/h4-5,7H,3,6H2,1-2H3. The summed E-state index contributed by atoms with van der Waals surface area (Å²) in [7, 11) is 0. The largest absolute Gasteiger partial charge is 0.319 e. The van der Waals surface area contributed by atoms with Crippen LogP contribution in [-0.2, 0) is 6.54 Å². The van der Waals surface area contributed by atoms with E-state index in [0.29, 0.717) is 0 Å². The van der Waals surface area contributed by atoms with Crippen LogP contribution in [0.2, 0.25) is 0 Å². The molecule has 74 valence electrons. The van der Waals surface area contributed by atoms with Crippen LogP contribution in [0.15, 0.2) is 22.9 Å². The molecule has 0 aliphatic carbocycles. The van der Waals surface area contributed by atoms with Crippen molar-refractivity contribution in [2.45, 2.75) is 26.8 Å². The number of rotatable bonds is 2. The Kier molecular flexibility index (Phi) is 2.59. The lowest BCUT2D eigenvalue weighted by Gasteiger charge is -2.03.